The molecule has 1 aromatic carbocycles. The number of nitrogens with zero attached hydrogens (tertiary/aromatic N) is 2. The van der Waals surface area contributed by atoms with Crippen LogP contribution in [-0.4, -0.2) is 28.9 Å². The van der Waals surface area contributed by atoms with Crippen LogP contribution >= 0.6 is 11.3 Å². The molecule has 1 aliphatic rings. The number of aromatic nitrogens is 1. The molecule has 0 aliphatic carbocycles. The zero-order valence-electron chi connectivity index (χ0n) is 12.8. The second-order valence-electron chi connectivity index (χ2n) is 5.68. The average molecular weight is 315 g/mol. The smallest absolute Gasteiger partial charge is 0.267 e. The van der Waals surface area contributed by atoms with Crippen molar-refractivity contribution in [3.8, 4) is 0 Å². The number of anilines is 1. The predicted octanol–water partition coefficient (Wildman–Crippen LogP) is 3.69. The summed E-state index contributed by atoms with van der Waals surface area (Å²) >= 11 is 1.52. The first-order chi connectivity index (χ1) is 10.7. The van der Waals surface area contributed by atoms with Crippen molar-refractivity contribution in [2.45, 2.75) is 32.7 Å². The van der Waals surface area contributed by atoms with Gasteiger partial charge in [-0.25, -0.2) is 4.98 Å². The van der Waals surface area contributed by atoms with Crippen molar-refractivity contribution >= 4 is 22.9 Å². The van der Waals surface area contributed by atoms with E-state index >= 15 is 0 Å². The number of carbonyl (C=O) groups is 1. The molecule has 0 radical (unpaired) electrons. The molecule has 2 aromatic rings. The van der Waals surface area contributed by atoms with Gasteiger partial charge >= 0.3 is 0 Å². The minimum Gasteiger partial charge on any atom is -0.321 e. The Morgan fingerprint density at radius 2 is 1.95 bits per heavy atom. The van der Waals surface area contributed by atoms with E-state index in [2.05, 4.69) is 15.2 Å². The minimum absolute atomic E-state index is 0.0638. The van der Waals surface area contributed by atoms with E-state index in [1.54, 1.807) is 0 Å². The van der Waals surface area contributed by atoms with Gasteiger partial charge in [-0.1, -0.05) is 24.6 Å². The molecule has 0 atom stereocenters. The highest BCUT2D eigenvalue weighted by atomic mass is 32.1. The first-order valence-corrected chi connectivity index (χ1v) is 8.59. The Morgan fingerprint density at radius 3 is 2.68 bits per heavy atom. The maximum atomic E-state index is 12.4. The third kappa shape index (κ3) is 3.72. The molecule has 1 amide bonds. The predicted molar refractivity (Wildman–Crippen MR) is 90.4 cm³/mol. The summed E-state index contributed by atoms with van der Waals surface area (Å²) in [5, 5.41) is 3.97. The molecule has 1 saturated heterocycles. The van der Waals surface area contributed by atoms with Gasteiger partial charge in [0.1, 0.15) is 9.88 Å². The van der Waals surface area contributed by atoms with Crippen LogP contribution in [0.25, 0.3) is 0 Å². The summed E-state index contributed by atoms with van der Waals surface area (Å²) in [5.41, 5.74) is 1.64. The molecule has 116 valence electrons. The van der Waals surface area contributed by atoms with E-state index in [1.165, 1.54) is 30.6 Å². The van der Waals surface area contributed by atoms with Crippen LogP contribution in [0, 0.1) is 6.92 Å². The lowest BCUT2D eigenvalue weighted by Gasteiger charge is -2.25. The number of hydrogen-bond donors (Lipinski definition) is 1. The van der Waals surface area contributed by atoms with Gasteiger partial charge in [-0.05, 0) is 45.0 Å². The summed E-state index contributed by atoms with van der Waals surface area (Å²) in [6.45, 7) is 5.06. The van der Waals surface area contributed by atoms with Crippen LogP contribution in [0.5, 0.6) is 0 Å². The molecule has 5 heteroatoms. The Bertz CT molecular complexity index is 633. The molecule has 0 bridgehead atoms. The lowest BCUT2D eigenvalue weighted by Crippen LogP contribution is -2.28. The Morgan fingerprint density at radius 1 is 1.23 bits per heavy atom. The maximum absolute atomic E-state index is 12.4. The molecule has 4 nitrogen and oxygen atoms in total. The van der Waals surface area contributed by atoms with Gasteiger partial charge in [0.15, 0.2) is 0 Å². The fraction of sp³-hybridized carbons (Fsp3) is 0.412. The van der Waals surface area contributed by atoms with Crippen LogP contribution in [-0.2, 0) is 6.54 Å². The highest BCUT2D eigenvalue weighted by Crippen LogP contribution is 2.22. The highest BCUT2D eigenvalue weighted by molar-refractivity contribution is 7.13. The van der Waals surface area contributed by atoms with E-state index in [-0.39, 0.29) is 5.91 Å². The quantitative estimate of drug-likeness (QED) is 0.936. The second kappa shape index (κ2) is 7.03. The van der Waals surface area contributed by atoms with Gasteiger partial charge in [-0.15, -0.1) is 11.3 Å². The number of nitrogens with one attached hydrogen (secondary N) is 1. The van der Waals surface area contributed by atoms with E-state index < -0.39 is 0 Å². The first-order valence-electron chi connectivity index (χ1n) is 7.77. The normalized spacial score (nSPS) is 15.7. The summed E-state index contributed by atoms with van der Waals surface area (Å²) in [6, 6.07) is 9.55. The molecule has 1 aliphatic heterocycles. The van der Waals surface area contributed by atoms with Gasteiger partial charge in [-0.3, -0.25) is 9.69 Å². The number of piperidine rings is 1. The Balaban J connectivity index is 1.67. The molecule has 1 N–H and O–H groups in total. The Kier molecular flexibility index (Phi) is 4.85. The van der Waals surface area contributed by atoms with Gasteiger partial charge in [0.2, 0.25) is 0 Å². The van der Waals surface area contributed by atoms with Gasteiger partial charge in [0, 0.05) is 5.69 Å². The number of thiazole rings is 1. The molecule has 0 unspecified atom stereocenters. The average Bonchev–Trinajstić information content (AvgIpc) is 2.90. The van der Waals surface area contributed by atoms with Crippen molar-refractivity contribution in [1.29, 1.82) is 0 Å². The SMILES string of the molecule is Cc1nc(CN2CCCCC2)sc1C(=O)Nc1ccccc1. The second-order valence-corrected chi connectivity index (χ2v) is 6.76. The van der Waals surface area contributed by atoms with E-state index in [9.17, 15) is 4.79 Å². The zero-order valence-corrected chi connectivity index (χ0v) is 13.7. The van der Waals surface area contributed by atoms with E-state index in [1.807, 2.05) is 37.3 Å². The number of rotatable bonds is 4. The third-order valence-corrected chi connectivity index (χ3v) is 5.03. The molecular formula is C17H21N3OS. The fourth-order valence-corrected chi connectivity index (χ4v) is 3.75. The van der Waals surface area contributed by atoms with Gasteiger partial charge in [0.25, 0.3) is 5.91 Å². The number of amides is 1. The lowest BCUT2D eigenvalue weighted by atomic mass is 10.1. The van der Waals surface area contributed by atoms with Crippen LogP contribution in [0.3, 0.4) is 0 Å². The van der Waals surface area contributed by atoms with E-state index in [4.69, 9.17) is 0 Å². The largest absolute Gasteiger partial charge is 0.321 e. The van der Waals surface area contributed by atoms with Gasteiger partial charge < -0.3 is 5.32 Å². The summed E-state index contributed by atoms with van der Waals surface area (Å²) in [4.78, 5) is 20.1. The van der Waals surface area contributed by atoms with Crippen molar-refractivity contribution < 1.29 is 4.79 Å². The molecule has 0 saturated carbocycles. The van der Waals surface area contributed by atoms with Crippen LogP contribution in [0.15, 0.2) is 30.3 Å². The van der Waals surface area contributed by atoms with Crippen LogP contribution in [0.2, 0.25) is 0 Å². The molecule has 0 spiro atoms. The van der Waals surface area contributed by atoms with Crippen LogP contribution in [0.4, 0.5) is 5.69 Å². The first kappa shape index (κ1) is 15.2. The Labute approximate surface area is 135 Å². The highest BCUT2D eigenvalue weighted by Gasteiger charge is 2.18. The van der Waals surface area contributed by atoms with Gasteiger partial charge in [0.05, 0.1) is 12.2 Å². The van der Waals surface area contributed by atoms with Crippen LogP contribution in [0.1, 0.15) is 39.6 Å². The number of aryl methyl sites for hydroxylation is 1. The van der Waals surface area contributed by atoms with Gasteiger partial charge in [-0.2, -0.15) is 0 Å². The van der Waals surface area contributed by atoms with Crippen molar-refractivity contribution in [2.75, 3.05) is 18.4 Å². The fourth-order valence-electron chi connectivity index (χ4n) is 2.75. The zero-order chi connectivity index (χ0) is 15.4. The number of benzene rings is 1. The number of likely N-dealkylation sites (tertiary alicyclic amines) is 1. The summed E-state index contributed by atoms with van der Waals surface area (Å²) < 4.78 is 0. The van der Waals surface area contributed by atoms with Crippen molar-refractivity contribution in [3.05, 3.63) is 45.9 Å². The minimum atomic E-state index is -0.0638. The number of carbonyl (C=O) groups excluding carboxylic acids is 1. The Hall–Kier alpha value is -1.72. The monoisotopic (exact) mass is 315 g/mol. The summed E-state index contributed by atoms with van der Waals surface area (Å²) in [5.74, 6) is -0.0638. The molecule has 3 rings (SSSR count). The molecule has 2 heterocycles. The van der Waals surface area contributed by atoms with Crippen LogP contribution < -0.4 is 5.32 Å². The molecular weight excluding hydrogens is 294 g/mol. The number of hydrogen-bond acceptors (Lipinski definition) is 4. The molecule has 1 aromatic heterocycles. The molecule has 22 heavy (non-hydrogen) atoms. The maximum Gasteiger partial charge on any atom is 0.267 e. The number of para-hydroxylation sites is 1. The summed E-state index contributed by atoms with van der Waals surface area (Å²) in [7, 11) is 0. The van der Waals surface area contributed by atoms with Crippen molar-refractivity contribution in [2.24, 2.45) is 0 Å². The van der Waals surface area contributed by atoms with Crippen molar-refractivity contribution in [3.63, 3.8) is 0 Å². The van der Waals surface area contributed by atoms with E-state index in [0.29, 0.717) is 0 Å². The third-order valence-electron chi connectivity index (χ3n) is 3.89. The standard InChI is InChI=1S/C17H21N3OS/c1-13-16(17(21)19-14-8-4-2-5-9-14)22-15(18-13)12-20-10-6-3-7-11-20/h2,4-5,8-9H,3,6-7,10-12H2,1H3,(H,19,21). The lowest BCUT2D eigenvalue weighted by molar-refractivity contribution is 0.103. The topological polar surface area (TPSA) is 45.2 Å². The summed E-state index contributed by atoms with van der Waals surface area (Å²) in [6.07, 6.45) is 3.87. The van der Waals surface area contributed by atoms with E-state index in [0.717, 1.165) is 40.9 Å². The molecule has 1 fully saturated rings. The van der Waals surface area contributed by atoms with Crippen molar-refractivity contribution in [1.82, 2.24) is 9.88 Å².